The average molecular weight is 320 g/mol. The summed E-state index contributed by atoms with van der Waals surface area (Å²) in [4.78, 5) is 35.9. The number of rotatable bonds is 2. The summed E-state index contributed by atoms with van der Waals surface area (Å²) >= 11 is 0. The fourth-order valence-corrected chi connectivity index (χ4v) is 2.41. The predicted octanol–water partition coefficient (Wildman–Crippen LogP) is -0.541. The fraction of sp³-hybridized carbons (Fsp3) is 0.267. The number of aliphatic hydroxyl groups is 2. The molecule has 0 unspecified atom stereocenters. The van der Waals surface area contributed by atoms with Gasteiger partial charge in [0.1, 0.15) is 6.10 Å². The van der Waals surface area contributed by atoms with E-state index >= 15 is 0 Å². The molecule has 1 heterocycles. The van der Waals surface area contributed by atoms with Crippen molar-refractivity contribution >= 4 is 23.1 Å². The number of hydrogen-bond donors (Lipinski definition) is 2. The molecule has 120 valence electrons. The van der Waals surface area contributed by atoms with Gasteiger partial charge in [-0.3, -0.25) is 9.59 Å². The van der Waals surface area contributed by atoms with Crippen LogP contribution in [0.1, 0.15) is 15.9 Å². The molecule has 8 nitrogen and oxygen atoms in total. The average Bonchev–Trinajstić information content (AvgIpc) is 3.01. The minimum Gasteiger partial charge on any atom is -0.465 e. The molecule has 0 radical (unpaired) electrons. The molecule has 1 aliphatic heterocycles. The molecule has 1 aliphatic carbocycles. The molecule has 0 saturated carbocycles. The van der Waals surface area contributed by atoms with E-state index in [1.165, 1.54) is 12.1 Å². The number of carbonyl (C=O) groups is 3. The van der Waals surface area contributed by atoms with Gasteiger partial charge in [0.05, 0.1) is 12.7 Å². The largest absolute Gasteiger partial charge is 0.465 e. The monoisotopic (exact) mass is 320 g/mol. The van der Waals surface area contributed by atoms with Crippen LogP contribution in [0.5, 0.6) is 11.5 Å². The molecule has 2 aliphatic rings. The van der Waals surface area contributed by atoms with Crippen molar-refractivity contribution in [2.75, 3.05) is 13.9 Å². The van der Waals surface area contributed by atoms with Gasteiger partial charge in [-0.1, -0.05) is 0 Å². The van der Waals surface area contributed by atoms with Crippen LogP contribution < -0.4 is 9.47 Å². The Morgan fingerprint density at radius 2 is 1.83 bits per heavy atom. The van der Waals surface area contributed by atoms with Crippen molar-refractivity contribution in [1.82, 2.24) is 0 Å². The van der Waals surface area contributed by atoms with Gasteiger partial charge in [0.25, 0.3) is 0 Å². The maximum atomic E-state index is 12.2. The van der Waals surface area contributed by atoms with Gasteiger partial charge >= 0.3 is 5.97 Å². The van der Waals surface area contributed by atoms with Gasteiger partial charge < -0.3 is 24.4 Å². The highest BCUT2D eigenvalue weighted by Crippen LogP contribution is 2.38. The first kappa shape index (κ1) is 15.2. The maximum Gasteiger partial charge on any atom is 0.338 e. The summed E-state index contributed by atoms with van der Waals surface area (Å²) < 4.78 is 15.0. The van der Waals surface area contributed by atoms with Crippen LogP contribution in [0, 0.1) is 0 Å². The van der Waals surface area contributed by atoms with E-state index in [9.17, 15) is 24.6 Å². The number of esters is 1. The number of ether oxygens (including phenoxy) is 3. The summed E-state index contributed by atoms with van der Waals surface area (Å²) in [6.07, 6.45) is -2.82. The molecular formula is C15H12O8. The second kappa shape index (κ2) is 5.49. The van der Waals surface area contributed by atoms with Crippen LogP contribution in [0.4, 0.5) is 0 Å². The van der Waals surface area contributed by atoms with E-state index in [1.807, 2.05) is 0 Å². The Bertz CT molecular complexity index is 748. The van der Waals surface area contributed by atoms with Crippen molar-refractivity contribution in [2.45, 2.75) is 12.2 Å². The van der Waals surface area contributed by atoms with Gasteiger partial charge in [-0.25, -0.2) is 4.79 Å². The summed E-state index contributed by atoms with van der Waals surface area (Å²) in [5.41, 5.74) is -0.162. The first-order valence-electron chi connectivity index (χ1n) is 6.62. The van der Waals surface area contributed by atoms with Crippen LogP contribution in [0.25, 0.3) is 5.57 Å². The molecule has 23 heavy (non-hydrogen) atoms. The Hall–Kier alpha value is -2.71. The number of carbonyl (C=O) groups excluding carboxylic acids is 3. The highest BCUT2D eigenvalue weighted by molar-refractivity contribution is 6.32. The van der Waals surface area contributed by atoms with Crippen LogP contribution in [-0.4, -0.2) is 53.9 Å². The van der Waals surface area contributed by atoms with Crippen molar-refractivity contribution in [1.29, 1.82) is 0 Å². The number of benzene rings is 1. The lowest BCUT2D eigenvalue weighted by Crippen LogP contribution is -2.43. The molecule has 8 heteroatoms. The van der Waals surface area contributed by atoms with E-state index in [4.69, 9.17) is 9.47 Å². The van der Waals surface area contributed by atoms with E-state index in [0.717, 1.165) is 13.2 Å². The lowest BCUT2D eigenvalue weighted by atomic mass is 9.86. The zero-order chi connectivity index (χ0) is 16.7. The predicted molar refractivity (Wildman–Crippen MR) is 73.9 cm³/mol. The number of aliphatic hydroxyl groups excluding tert-OH is 2. The maximum absolute atomic E-state index is 12.2. The molecule has 0 spiro atoms. The highest BCUT2D eigenvalue weighted by atomic mass is 16.7. The van der Waals surface area contributed by atoms with Gasteiger partial charge in [0, 0.05) is 11.1 Å². The van der Waals surface area contributed by atoms with Gasteiger partial charge in [-0.05, 0) is 18.2 Å². The van der Waals surface area contributed by atoms with Gasteiger partial charge in [0.15, 0.2) is 29.2 Å². The van der Waals surface area contributed by atoms with Crippen LogP contribution in [0.15, 0.2) is 18.2 Å². The Morgan fingerprint density at radius 1 is 1.17 bits per heavy atom. The van der Waals surface area contributed by atoms with E-state index in [0.29, 0.717) is 5.75 Å². The third-order valence-corrected chi connectivity index (χ3v) is 3.62. The summed E-state index contributed by atoms with van der Waals surface area (Å²) in [7, 11) is 1.16. The molecule has 2 N–H and O–H groups in total. The Labute approximate surface area is 129 Å². The molecule has 0 aromatic heterocycles. The SMILES string of the molecule is COC(=O)c1cc2c(cc1C1=CC(=O)[C@@H](O)[C@@H](O)C1=O)OCO2. The normalized spacial score (nSPS) is 22.8. The standard InChI is InChI=1S/C15H12O8/c1-21-15(20)8-4-11-10(22-5-23-11)3-6(8)7-2-9(16)13(18)14(19)12(7)17/h2-4,13-14,18-19H,5H2,1H3/t13-,14+/m1/s1. The lowest BCUT2D eigenvalue weighted by Gasteiger charge is -2.22. The first-order valence-corrected chi connectivity index (χ1v) is 6.62. The Kier molecular flexibility index (Phi) is 3.63. The fourth-order valence-electron chi connectivity index (χ4n) is 2.41. The summed E-state index contributed by atoms with van der Waals surface area (Å²) in [6.45, 7) is -0.0489. The topological polar surface area (TPSA) is 119 Å². The molecule has 3 rings (SSSR count). The van der Waals surface area contributed by atoms with Crippen molar-refractivity contribution < 1.29 is 38.8 Å². The van der Waals surface area contributed by atoms with Crippen LogP contribution in [0.2, 0.25) is 0 Å². The van der Waals surface area contributed by atoms with Crippen molar-refractivity contribution in [3.8, 4) is 11.5 Å². The van der Waals surface area contributed by atoms with Crippen LogP contribution in [0.3, 0.4) is 0 Å². The van der Waals surface area contributed by atoms with Gasteiger partial charge in [-0.15, -0.1) is 0 Å². The number of Topliss-reactive ketones (excluding diaryl/α,β-unsaturated/α-hetero) is 1. The van der Waals surface area contributed by atoms with E-state index in [1.54, 1.807) is 0 Å². The molecule has 0 saturated heterocycles. The molecule has 0 fully saturated rings. The van der Waals surface area contributed by atoms with Gasteiger partial charge in [0.2, 0.25) is 6.79 Å². The van der Waals surface area contributed by atoms with Crippen LogP contribution >= 0.6 is 0 Å². The molecule has 2 atom stereocenters. The van der Waals surface area contributed by atoms with Crippen LogP contribution in [-0.2, 0) is 14.3 Å². The van der Waals surface area contributed by atoms with E-state index in [2.05, 4.69) is 4.74 Å². The third kappa shape index (κ3) is 2.37. The van der Waals surface area contributed by atoms with Crippen molar-refractivity contribution in [3.05, 3.63) is 29.3 Å². The zero-order valence-electron chi connectivity index (χ0n) is 11.9. The third-order valence-electron chi connectivity index (χ3n) is 3.62. The quantitative estimate of drug-likeness (QED) is 0.697. The summed E-state index contributed by atoms with van der Waals surface area (Å²) in [6, 6.07) is 2.69. The number of fused-ring (bicyclic) bond motifs is 1. The lowest BCUT2D eigenvalue weighted by molar-refractivity contribution is -0.138. The minimum atomic E-state index is -1.89. The molecular weight excluding hydrogens is 308 g/mol. The zero-order valence-corrected chi connectivity index (χ0v) is 11.9. The smallest absolute Gasteiger partial charge is 0.338 e. The number of methoxy groups -OCH3 is 1. The summed E-state index contributed by atoms with van der Waals surface area (Å²) in [5, 5.41) is 19.2. The summed E-state index contributed by atoms with van der Waals surface area (Å²) in [5.74, 6) is -1.87. The van der Waals surface area contributed by atoms with Crippen molar-refractivity contribution in [3.63, 3.8) is 0 Å². The second-order valence-electron chi connectivity index (χ2n) is 4.96. The molecule has 1 aromatic carbocycles. The molecule has 0 amide bonds. The van der Waals surface area contributed by atoms with Gasteiger partial charge in [-0.2, -0.15) is 0 Å². The van der Waals surface area contributed by atoms with E-state index < -0.39 is 29.7 Å². The Balaban J connectivity index is 2.19. The minimum absolute atomic E-state index is 0.0206. The Morgan fingerprint density at radius 3 is 2.48 bits per heavy atom. The molecule has 0 bridgehead atoms. The van der Waals surface area contributed by atoms with E-state index in [-0.39, 0.29) is 29.2 Å². The highest BCUT2D eigenvalue weighted by Gasteiger charge is 2.38. The number of ketones is 2. The molecule has 1 aromatic rings. The first-order chi connectivity index (χ1) is 10.9. The number of hydrogen-bond acceptors (Lipinski definition) is 8. The second-order valence-corrected chi connectivity index (χ2v) is 4.96. The van der Waals surface area contributed by atoms with Crippen molar-refractivity contribution in [2.24, 2.45) is 0 Å².